The molecule has 0 aromatic heterocycles. The number of nitrogens with one attached hydrogen (secondary N) is 1. The molecule has 0 amide bonds. The molecular weight excluding hydrogens is 184 g/mol. The van der Waals surface area contributed by atoms with Crippen LogP contribution in [0.25, 0.3) is 0 Å². The van der Waals surface area contributed by atoms with Crippen molar-refractivity contribution in [2.24, 2.45) is 0 Å². The van der Waals surface area contributed by atoms with E-state index in [0.29, 0.717) is 0 Å². The molecule has 0 aliphatic rings. The lowest BCUT2D eigenvalue weighted by Crippen LogP contribution is -2.20. The number of aryl methyl sites for hydroxylation is 1. The van der Waals surface area contributed by atoms with Crippen molar-refractivity contribution in [1.29, 1.82) is 5.26 Å². The molecule has 0 fully saturated rings. The minimum absolute atomic E-state index is 0.171. The van der Waals surface area contributed by atoms with Gasteiger partial charge in [0, 0.05) is 0 Å². The summed E-state index contributed by atoms with van der Waals surface area (Å²) in [6.45, 7) is 5.11. The van der Waals surface area contributed by atoms with Gasteiger partial charge in [0.05, 0.1) is 6.07 Å². The average molecular weight is 202 g/mol. The lowest BCUT2D eigenvalue weighted by molar-refractivity contribution is 0.621. The molecule has 2 nitrogen and oxygen atoms in total. The van der Waals surface area contributed by atoms with E-state index >= 15 is 0 Å². The summed E-state index contributed by atoms with van der Waals surface area (Å²) in [6, 6.07) is 10.4. The van der Waals surface area contributed by atoms with Crippen molar-refractivity contribution in [1.82, 2.24) is 5.32 Å². The highest BCUT2D eigenvalue weighted by Crippen LogP contribution is 2.13. The normalized spacial score (nSPS) is 12.1. The predicted octanol–water partition coefficient (Wildman–Crippen LogP) is 2.81. The van der Waals surface area contributed by atoms with E-state index in [9.17, 15) is 0 Å². The molecule has 2 heteroatoms. The van der Waals surface area contributed by atoms with E-state index < -0.39 is 0 Å². The molecule has 80 valence electrons. The van der Waals surface area contributed by atoms with Gasteiger partial charge in [-0.3, -0.25) is 5.32 Å². The van der Waals surface area contributed by atoms with Gasteiger partial charge >= 0.3 is 0 Å². The Morgan fingerprint density at radius 2 is 1.93 bits per heavy atom. The summed E-state index contributed by atoms with van der Waals surface area (Å²) in [5.41, 5.74) is 2.37. The molecule has 0 spiro atoms. The topological polar surface area (TPSA) is 35.8 Å². The molecule has 0 saturated heterocycles. The zero-order chi connectivity index (χ0) is 11.1. The van der Waals surface area contributed by atoms with E-state index in [-0.39, 0.29) is 6.04 Å². The van der Waals surface area contributed by atoms with Gasteiger partial charge in [0.1, 0.15) is 6.04 Å². The monoisotopic (exact) mass is 202 g/mol. The Bertz CT molecular complexity index is 321. The van der Waals surface area contributed by atoms with Crippen molar-refractivity contribution >= 4 is 0 Å². The van der Waals surface area contributed by atoms with Crippen LogP contribution in [-0.2, 0) is 6.42 Å². The second kappa shape index (κ2) is 6.21. The van der Waals surface area contributed by atoms with Gasteiger partial charge in [-0.15, -0.1) is 0 Å². The fourth-order valence-electron chi connectivity index (χ4n) is 1.47. The zero-order valence-electron chi connectivity index (χ0n) is 9.46. The highest BCUT2D eigenvalue weighted by Gasteiger charge is 2.07. The first-order valence-electron chi connectivity index (χ1n) is 5.53. The number of nitrogens with zero attached hydrogens (tertiary/aromatic N) is 1. The van der Waals surface area contributed by atoms with Crippen LogP contribution >= 0.6 is 0 Å². The number of hydrogen-bond donors (Lipinski definition) is 1. The van der Waals surface area contributed by atoms with Crippen LogP contribution in [0.1, 0.15) is 37.4 Å². The van der Waals surface area contributed by atoms with E-state index in [0.717, 1.165) is 24.9 Å². The lowest BCUT2D eigenvalue weighted by atomic mass is 10.0. The van der Waals surface area contributed by atoms with Crippen LogP contribution in [0.3, 0.4) is 0 Å². The molecule has 1 N–H and O–H groups in total. The first kappa shape index (κ1) is 11.7. The third kappa shape index (κ3) is 3.38. The minimum Gasteiger partial charge on any atom is -0.298 e. The van der Waals surface area contributed by atoms with Gasteiger partial charge in [-0.25, -0.2) is 0 Å². The molecule has 0 saturated carbocycles. The van der Waals surface area contributed by atoms with Crippen molar-refractivity contribution in [2.45, 2.75) is 32.7 Å². The summed E-state index contributed by atoms with van der Waals surface area (Å²) in [4.78, 5) is 0. The highest BCUT2D eigenvalue weighted by atomic mass is 14.9. The maximum atomic E-state index is 9.02. The van der Waals surface area contributed by atoms with Crippen molar-refractivity contribution in [2.75, 3.05) is 6.54 Å². The van der Waals surface area contributed by atoms with Crippen LogP contribution in [0.15, 0.2) is 24.3 Å². The smallest absolute Gasteiger partial charge is 0.121 e. The second-order valence-electron chi connectivity index (χ2n) is 3.61. The maximum absolute atomic E-state index is 9.02. The molecule has 0 radical (unpaired) electrons. The van der Waals surface area contributed by atoms with Gasteiger partial charge in [0.25, 0.3) is 0 Å². The Kier molecular flexibility index (Phi) is 4.86. The molecule has 1 atom stereocenters. The lowest BCUT2D eigenvalue weighted by Gasteiger charge is -2.11. The number of nitriles is 1. The van der Waals surface area contributed by atoms with Gasteiger partial charge < -0.3 is 0 Å². The van der Waals surface area contributed by atoms with Crippen molar-refractivity contribution < 1.29 is 0 Å². The van der Waals surface area contributed by atoms with Crippen molar-refractivity contribution in [3.8, 4) is 6.07 Å². The molecule has 0 aliphatic carbocycles. The van der Waals surface area contributed by atoms with E-state index in [4.69, 9.17) is 5.26 Å². The van der Waals surface area contributed by atoms with E-state index in [1.807, 2.05) is 12.1 Å². The summed E-state index contributed by atoms with van der Waals surface area (Å²) in [7, 11) is 0. The quantitative estimate of drug-likeness (QED) is 0.797. The molecular formula is C13H18N2. The van der Waals surface area contributed by atoms with Gasteiger partial charge in [-0.05, 0) is 30.5 Å². The van der Waals surface area contributed by atoms with Gasteiger partial charge in [-0.2, -0.15) is 5.26 Å². The van der Waals surface area contributed by atoms with Crippen LogP contribution in [0, 0.1) is 11.3 Å². The maximum Gasteiger partial charge on any atom is 0.121 e. The largest absolute Gasteiger partial charge is 0.298 e. The predicted molar refractivity (Wildman–Crippen MR) is 62.5 cm³/mol. The van der Waals surface area contributed by atoms with Gasteiger partial charge in [0.15, 0.2) is 0 Å². The Hall–Kier alpha value is -1.33. The van der Waals surface area contributed by atoms with Crippen LogP contribution in [0.4, 0.5) is 0 Å². The molecule has 0 aliphatic heterocycles. The molecule has 1 unspecified atom stereocenters. The first-order valence-corrected chi connectivity index (χ1v) is 5.53. The number of hydrogen-bond acceptors (Lipinski definition) is 2. The Balaban J connectivity index is 2.70. The highest BCUT2D eigenvalue weighted by molar-refractivity contribution is 5.28. The fraction of sp³-hybridized carbons (Fsp3) is 0.462. The Morgan fingerprint density at radius 3 is 2.40 bits per heavy atom. The summed E-state index contributed by atoms with van der Waals surface area (Å²) in [5, 5.41) is 12.2. The SMILES string of the molecule is CCCNC(C#N)c1ccc(CC)cc1. The van der Waals surface area contributed by atoms with Crippen LogP contribution in [0.2, 0.25) is 0 Å². The average Bonchev–Trinajstić information content (AvgIpc) is 2.31. The molecule has 0 bridgehead atoms. The first-order chi connectivity index (χ1) is 7.31. The van der Waals surface area contributed by atoms with Crippen LogP contribution < -0.4 is 5.32 Å². The zero-order valence-corrected chi connectivity index (χ0v) is 9.46. The van der Waals surface area contributed by atoms with Crippen molar-refractivity contribution in [3.05, 3.63) is 35.4 Å². The van der Waals surface area contributed by atoms with E-state index in [2.05, 4.69) is 37.4 Å². The molecule has 1 rings (SSSR count). The molecule has 1 aromatic rings. The van der Waals surface area contributed by atoms with Gasteiger partial charge in [-0.1, -0.05) is 38.1 Å². The third-order valence-corrected chi connectivity index (χ3v) is 2.45. The summed E-state index contributed by atoms with van der Waals surface area (Å²) in [5.74, 6) is 0. The van der Waals surface area contributed by atoms with Crippen molar-refractivity contribution in [3.63, 3.8) is 0 Å². The molecule has 0 heterocycles. The molecule has 1 aromatic carbocycles. The summed E-state index contributed by atoms with van der Waals surface area (Å²) < 4.78 is 0. The Morgan fingerprint density at radius 1 is 1.27 bits per heavy atom. The number of rotatable bonds is 5. The van der Waals surface area contributed by atoms with Gasteiger partial charge in [0.2, 0.25) is 0 Å². The minimum atomic E-state index is -0.171. The van der Waals surface area contributed by atoms with E-state index in [1.54, 1.807) is 0 Å². The second-order valence-corrected chi connectivity index (χ2v) is 3.61. The standard InChI is InChI=1S/C13H18N2/c1-3-9-15-13(10-14)12-7-5-11(4-2)6-8-12/h5-8,13,15H,3-4,9H2,1-2H3. The summed E-state index contributed by atoms with van der Waals surface area (Å²) in [6.07, 6.45) is 2.09. The number of benzene rings is 1. The molecule has 15 heavy (non-hydrogen) atoms. The fourth-order valence-corrected chi connectivity index (χ4v) is 1.47. The van der Waals surface area contributed by atoms with Crippen LogP contribution in [-0.4, -0.2) is 6.54 Å². The van der Waals surface area contributed by atoms with E-state index in [1.165, 1.54) is 5.56 Å². The Labute approximate surface area is 91.9 Å². The summed E-state index contributed by atoms with van der Waals surface area (Å²) >= 11 is 0. The van der Waals surface area contributed by atoms with Crippen LogP contribution in [0.5, 0.6) is 0 Å². The third-order valence-electron chi connectivity index (χ3n) is 2.45.